The lowest BCUT2D eigenvalue weighted by atomic mass is 10.1. The molecule has 0 saturated heterocycles. The van der Waals surface area contributed by atoms with Crippen LogP contribution in [0.1, 0.15) is 29.5 Å². The molecule has 0 fully saturated rings. The van der Waals surface area contributed by atoms with Crippen LogP contribution in [0.2, 0.25) is 0 Å². The van der Waals surface area contributed by atoms with Crippen molar-refractivity contribution in [2.45, 2.75) is 31.8 Å². The molecule has 0 aliphatic rings. The maximum atomic E-state index is 12.5. The van der Waals surface area contributed by atoms with Crippen molar-refractivity contribution in [3.63, 3.8) is 0 Å². The van der Waals surface area contributed by atoms with Crippen LogP contribution in [-0.2, 0) is 17.8 Å². The number of benzene rings is 2. The van der Waals surface area contributed by atoms with Crippen LogP contribution in [0.5, 0.6) is 0 Å². The van der Waals surface area contributed by atoms with Crippen molar-refractivity contribution in [2.75, 3.05) is 0 Å². The number of hydrogen-bond acceptors (Lipinski definition) is 5. The second-order valence-electron chi connectivity index (χ2n) is 6.58. The van der Waals surface area contributed by atoms with Gasteiger partial charge in [0.1, 0.15) is 12.7 Å². The number of amides is 1. The molecule has 0 bridgehead atoms. The molecule has 4 rings (SSSR count). The number of aromatic nitrogens is 4. The zero-order valence-corrected chi connectivity index (χ0v) is 16.2. The first-order chi connectivity index (χ1) is 13.8. The lowest BCUT2D eigenvalue weighted by Gasteiger charge is -2.19. The second-order valence-corrected chi connectivity index (χ2v) is 7.69. The highest BCUT2D eigenvalue weighted by atomic mass is 32.1. The predicted octanol–water partition coefficient (Wildman–Crippen LogP) is 3.77. The molecule has 0 radical (unpaired) electrons. The summed E-state index contributed by atoms with van der Waals surface area (Å²) in [5.74, 6) is 0.0371. The summed E-state index contributed by atoms with van der Waals surface area (Å²) < 4.78 is 2.93. The van der Waals surface area contributed by atoms with Gasteiger partial charge in [-0.25, -0.2) is 9.97 Å². The van der Waals surface area contributed by atoms with Gasteiger partial charge in [0.25, 0.3) is 0 Å². The first-order valence-corrected chi connectivity index (χ1v) is 10.1. The van der Waals surface area contributed by atoms with E-state index in [1.54, 1.807) is 22.3 Å². The SMILES string of the molecule is O=C(CCCc1nc2ccccc2s1)NC(Cn1cncn1)c1ccccc1. The van der Waals surface area contributed by atoms with Crippen LogP contribution in [0, 0.1) is 0 Å². The highest BCUT2D eigenvalue weighted by molar-refractivity contribution is 7.18. The van der Waals surface area contributed by atoms with E-state index in [4.69, 9.17) is 0 Å². The van der Waals surface area contributed by atoms with Crippen molar-refractivity contribution < 1.29 is 4.79 Å². The Labute approximate surface area is 167 Å². The Balaban J connectivity index is 1.34. The van der Waals surface area contributed by atoms with Crippen molar-refractivity contribution >= 4 is 27.5 Å². The number of nitrogens with one attached hydrogen (secondary N) is 1. The third kappa shape index (κ3) is 4.61. The molecule has 7 heteroatoms. The topological polar surface area (TPSA) is 72.7 Å². The molecule has 1 amide bonds. The van der Waals surface area contributed by atoms with E-state index < -0.39 is 0 Å². The summed E-state index contributed by atoms with van der Waals surface area (Å²) >= 11 is 1.70. The molecular formula is C21H21N5OS. The average molecular weight is 392 g/mol. The van der Waals surface area contributed by atoms with Gasteiger partial charge in [-0.05, 0) is 30.5 Å². The van der Waals surface area contributed by atoms with Crippen LogP contribution < -0.4 is 5.32 Å². The number of thiazole rings is 1. The predicted molar refractivity (Wildman–Crippen MR) is 110 cm³/mol. The lowest BCUT2D eigenvalue weighted by Crippen LogP contribution is -2.31. The largest absolute Gasteiger partial charge is 0.347 e. The smallest absolute Gasteiger partial charge is 0.220 e. The molecule has 0 spiro atoms. The normalized spacial score (nSPS) is 12.1. The van der Waals surface area contributed by atoms with E-state index in [0.29, 0.717) is 13.0 Å². The van der Waals surface area contributed by atoms with Crippen molar-refractivity contribution in [3.8, 4) is 0 Å². The number of rotatable bonds is 8. The molecule has 1 N–H and O–H groups in total. The highest BCUT2D eigenvalue weighted by Crippen LogP contribution is 2.23. The standard InChI is InChI=1S/C21H21N5OS/c27-20(11-6-12-21-25-17-9-4-5-10-19(17)28-21)24-18(13-26-15-22-14-23-26)16-7-2-1-3-8-16/h1-5,7-10,14-15,18H,6,11-13H2,(H,24,27). The highest BCUT2D eigenvalue weighted by Gasteiger charge is 2.15. The first-order valence-electron chi connectivity index (χ1n) is 9.29. The van der Waals surface area contributed by atoms with Gasteiger partial charge in [-0.15, -0.1) is 11.3 Å². The molecule has 0 aliphatic carbocycles. The minimum Gasteiger partial charge on any atom is -0.347 e. The van der Waals surface area contributed by atoms with Gasteiger partial charge in [0.05, 0.1) is 27.8 Å². The van der Waals surface area contributed by atoms with Crippen LogP contribution >= 0.6 is 11.3 Å². The molecule has 2 aromatic carbocycles. The molecule has 2 aromatic heterocycles. The van der Waals surface area contributed by atoms with Gasteiger partial charge in [-0.3, -0.25) is 9.48 Å². The van der Waals surface area contributed by atoms with Crippen LogP contribution in [0.4, 0.5) is 0 Å². The van der Waals surface area contributed by atoms with E-state index in [-0.39, 0.29) is 11.9 Å². The molecular weight excluding hydrogens is 370 g/mol. The maximum absolute atomic E-state index is 12.5. The fourth-order valence-electron chi connectivity index (χ4n) is 3.13. The molecule has 2 heterocycles. The molecule has 1 atom stereocenters. The lowest BCUT2D eigenvalue weighted by molar-refractivity contribution is -0.122. The third-order valence-electron chi connectivity index (χ3n) is 4.51. The minimum atomic E-state index is -0.141. The molecule has 0 saturated carbocycles. The number of para-hydroxylation sites is 1. The van der Waals surface area contributed by atoms with E-state index in [9.17, 15) is 4.79 Å². The number of aryl methyl sites for hydroxylation is 1. The summed E-state index contributed by atoms with van der Waals surface area (Å²) in [6, 6.07) is 17.9. The van der Waals surface area contributed by atoms with E-state index >= 15 is 0 Å². The van der Waals surface area contributed by atoms with Crippen molar-refractivity contribution in [3.05, 3.63) is 77.8 Å². The van der Waals surface area contributed by atoms with Gasteiger partial charge < -0.3 is 5.32 Å². The Hall–Kier alpha value is -3.06. The second kappa shape index (κ2) is 8.75. The van der Waals surface area contributed by atoms with Crippen LogP contribution in [0.3, 0.4) is 0 Å². The Morgan fingerprint density at radius 1 is 1.11 bits per heavy atom. The number of nitrogens with zero attached hydrogens (tertiary/aromatic N) is 4. The number of carbonyl (C=O) groups excluding carboxylic acids is 1. The number of carbonyl (C=O) groups is 1. The summed E-state index contributed by atoms with van der Waals surface area (Å²) in [5, 5.41) is 8.38. The Morgan fingerprint density at radius 3 is 2.71 bits per heavy atom. The van der Waals surface area contributed by atoms with Crippen LogP contribution in [0.25, 0.3) is 10.2 Å². The fraction of sp³-hybridized carbons (Fsp3) is 0.238. The number of fused-ring (bicyclic) bond motifs is 1. The van der Waals surface area contributed by atoms with Gasteiger partial charge in [-0.1, -0.05) is 42.5 Å². The fourth-order valence-corrected chi connectivity index (χ4v) is 4.14. The molecule has 142 valence electrons. The summed E-state index contributed by atoms with van der Waals surface area (Å²) in [7, 11) is 0. The molecule has 28 heavy (non-hydrogen) atoms. The zero-order chi connectivity index (χ0) is 19.2. The maximum Gasteiger partial charge on any atom is 0.220 e. The van der Waals surface area contributed by atoms with Gasteiger partial charge in [0.2, 0.25) is 5.91 Å². The molecule has 4 aromatic rings. The summed E-state index contributed by atoms with van der Waals surface area (Å²) in [6.07, 6.45) is 5.22. The Bertz CT molecular complexity index is 996. The molecule has 6 nitrogen and oxygen atoms in total. The summed E-state index contributed by atoms with van der Waals surface area (Å²) in [6.45, 7) is 0.549. The van der Waals surface area contributed by atoms with E-state index in [1.807, 2.05) is 48.5 Å². The quantitative estimate of drug-likeness (QED) is 0.496. The van der Waals surface area contributed by atoms with E-state index in [2.05, 4.69) is 26.4 Å². The molecule has 0 aliphatic heterocycles. The summed E-state index contributed by atoms with van der Waals surface area (Å²) in [5.41, 5.74) is 2.08. The van der Waals surface area contributed by atoms with Gasteiger partial charge in [0, 0.05) is 6.42 Å². The van der Waals surface area contributed by atoms with Gasteiger partial charge >= 0.3 is 0 Å². The number of hydrogen-bond donors (Lipinski definition) is 1. The van der Waals surface area contributed by atoms with E-state index in [1.165, 1.54) is 11.0 Å². The third-order valence-corrected chi connectivity index (χ3v) is 5.60. The van der Waals surface area contributed by atoms with Gasteiger partial charge in [0.15, 0.2) is 0 Å². The monoisotopic (exact) mass is 391 g/mol. The first kappa shape index (κ1) is 18.3. The zero-order valence-electron chi connectivity index (χ0n) is 15.4. The van der Waals surface area contributed by atoms with E-state index in [0.717, 1.165) is 28.9 Å². The van der Waals surface area contributed by atoms with Crippen LogP contribution in [0.15, 0.2) is 67.3 Å². The van der Waals surface area contributed by atoms with Crippen LogP contribution in [-0.4, -0.2) is 25.7 Å². The van der Waals surface area contributed by atoms with Crippen molar-refractivity contribution in [1.82, 2.24) is 25.1 Å². The minimum absolute atomic E-state index is 0.0371. The Morgan fingerprint density at radius 2 is 1.93 bits per heavy atom. The Kier molecular flexibility index (Phi) is 5.72. The van der Waals surface area contributed by atoms with Gasteiger partial charge in [-0.2, -0.15) is 5.10 Å². The van der Waals surface area contributed by atoms with Crippen molar-refractivity contribution in [2.24, 2.45) is 0 Å². The summed E-state index contributed by atoms with van der Waals surface area (Å²) in [4.78, 5) is 21.2. The average Bonchev–Trinajstić information content (AvgIpc) is 3.37. The van der Waals surface area contributed by atoms with Crippen molar-refractivity contribution in [1.29, 1.82) is 0 Å². The molecule has 1 unspecified atom stereocenters.